The fourth-order valence-corrected chi connectivity index (χ4v) is 2.66. The van der Waals surface area contributed by atoms with E-state index >= 15 is 0 Å². The predicted octanol–water partition coefficient (Wildman–Crippen LogP) is 2.41. The average Bonchev–Trinajstić information content (AvgIpc) is 2.70. The van der Waals surface area contributed by atoms with Crippen LogP contribution in [0.15, 0.2) is 0 Å². The lowest BCUT2D eigenvalue weighted by molar-refractivity contribution is 0.0138. The second-order valence-electron chi connectivity index (χ2n) is 6.45. The summed E-state index contributed by atoms with van der Waals surface area (Å²) in [5.41, 5.74) is 0.698. The van der Waals surface area contributed by atoms with Crippen LogP contribution in [0, 0.1) is 11.3 Å². The van der Waals surface area contributed by atoms with E-state index < -0.39 is 11.5 Å². The molecule has 0 bridgehead atoms. The van der Waals surface area contributed by atoms with Gasteiger partial charge in [0.1, 0.15) is 5.15 Å². The van der Waals surface area contributed by atoms with Crippen LogP contribution in [-0.2, 0) is 13.5 Å². The fraction of sp³-hybridized carbons (Fsp3) is 0.733. The average molecular weight is 316 g/mol. The number of aliphatic hydroxyl groups is 1. The van der Waals surface area contributed by atoms with E-state index in [-0.39, 0.29) is 11.8 Å². The first kappa shape index (κ1) is 18.0. The smallest absolute Gasteiger partial charge is 0.256 e. The van der Waals surface area contributed by atoms with Crippen molar-refractivity contribution in [2.75, 3.05) is 6.54 Å². The predicted molar refractivity (Wildman–Crippen MR) is 84.6 cm³/mol. The van der Waals surface area contributed by atoms with Gasteiger partial charge in [0.05, 0.1) is 17.4 Å². The van der Waals surface area contributed by atoms with E-state index in [1.54, 1.807) is 7.05 Å². The zero-order chi connectivity index (χ0) is 16.4. The number of carbonyl (C=O) groups excluding carboxylic acids is 1. The van der Waals surface area contributed by atoms with Gasteiger partial charge in [-0.3, -0.25) is 9.48 Å². The summed E-state index contributed by atoms with van der Waals surface area (Å²) in [5.74, 6) is -0.112. The third-order valence-corrected chi connectivity index (χ3v) is 4.18. The SMILES string of the molecule is CCc1nn(C)c(Cl)c1C(=O)NCC(C)(C)C(O)C(C)C. The van der Waals surface area contributed by atoms with Crippen molar-refractivity contribution in [3.63, 3.8) is 0 Å². The van der Waals surface area contributed by atoms with Gasteiger partial charge < -0.3 is 10.4 Å². The molecule has 1 unspecified atom stereocenters. The molecular weight excluding hydrogens is 290 g/mol. The van der Waals surface area contributed by atoms with Crippen LogP contribution in [0.25, 0.3) is 0 Å². The van der Waals surface area contributed by atoms with Crippen molar-refractivity contribution in [2.24, 2.45) is 18.4 Å². The minimum atomic E-state index is -0.493. The van der Waals surface area contributed by atoms with Gasteiger partial charge in [0.25, 0.3) is 5.91 Å². The molecule has 0 fully saturated rings. The largest absolute Gasteiger partial charge is 0.392 e. The zero-order valence-electron chi connectivity index (χ0n) is 13.7. The monoisotopic (exact) mass is 315 g/mol. The number of nitrogens with one attached hydrogen (secondary N) is 1. The van der Waals surface area contributed by atoms with Crippen molar-refractivity contribution in [3.05, 3.63) is 16.4 Å². The molecule has 0 aliphatic rings. The number of rotatable bonds is 6. The molecule has 1 rings (SSSR count). The maximum atomic E-state index is 12.4. The number of aliphatic hydroxyl groups excluding tert-OH is 1. The van der Waals surface area contributed by atoms with Crippen LogP contribution in [0.1, 0.15) is 50.7 Å². The number of carbonyl (C=O) groups is 1. The molecule has 5 nitrogen and oxygen atoms in total. The minimum absolute atomic E-state index is 0.130. The Morgan fingerprint density at radius 3 is 2.52 bits per heavy atom. The number of hydrogen-bond donors (Lipinski definition) is 2. The van der Waals surface area contributed by atoms with Gasteiger partial charge in [0.2, 0.25) is 0 Å². The molecule has 1 aromatic heterocycles. The highest BCUT2D eigenvalue weighted by Gasteiger charge is 2.31. The number of hydrogen-bond acceptors (Lipinski definition) is 3. The van der Waals surface area contributed by atoms with E-state index in [1.807, 2.05) is 34.6 Å². The second kappa shape index (κ2) is 6.79. The highest BCUT2D eigenvalue weighted by Crippen LogP contribution is 2.26. The van der Waals surface area contributed by atoms with Crippen molar-refractivity contribution in [1.82, 2.24) is 15.1 Å². The maximum Gasteiger partial charge on any atom is 0.256 e. The lowest BCUT2D eigenvalue weighted by Gasteiger charge is -2.33. The third-order valence-electron chi connectivity index (χ3n) is 3.75. The standard InChI is InChI=1S/C15H26ClN3O2/c1-7-10-11(13(16)19(6)18-10)14(21)17-8-15(4,5)12(20)9(2)3/h9,12,20H,7-8H2,1-6H3,(H,17,21). The van der Waals surface area contributed by atoms with Crippen LogP contribution in [0.5, 0.6) is 0 Å². The van der Waals surface area contributed by atoms with Crippen molar-refractivity contribution < 1.29 is 9.90 Å². The molecule has 1 aromatic rings. The first-order valence-corrected chi connectivity index (χ1v) is 7.67. The molecule has 1 atom stereocenters. The van der Waals surface area contributed by atoms with Crippen LogP contribution in [0.2, 0.25) is 5.15 Å². The lowest BCUT2D eigenvalue weighted by atomic mass is 9.80. The summed E-state index contributed by atoms with van der Waals surface area (Å²) in [7, 11) is 1.71. The summed E-state index contributed by atoms with van der Waals surface area (Å²) < 4.78 is 1.50. The van der Waals surface area contributed by atoms with Crippen LogP contribution in [0.4, 0.5) is 0 Å². The molecule has 2 N–H and O–H groups in total. The van der Waals surface area contributed by atoms with E-state index in [0.29, 0.717) is 29.4 Å². The van der Waals surface area contributed by atoms with Crippen LogP contribution >= 0.6 is 11.6 Å². The Kier molecular flexibility index (Phi) is 5.82. The van der Waals surface area contributed by atoms with E-state index in [4.69, 9.17) is 11.6 Å². The van der Waals surface area contributed by atoms with Crippen molar-refractivity contribution in [3.8, 4) is 0 Å². The Morgan fingerprint density at radius 2 is 2.05 bits per heavy atom. The summed E-state index contributed by atoms with van der Waals surface area (Å²) in [6.45, 7) is 10.1. The van der Waals surface area contributed by atoms with Gasteiger partial charge in [-0.15, -0.1) is 0 Å². The number of amides is 1. The molecule has 0 aliphatic heterocycles. The fourth-order valence-electron chi connectivity index (χ4n) is 2.43. The minimum Gasteiger partial charge on any atom is -0.392 e. The van der Waals surface area contributed by atoms with E-state index in [0.717, 1.165) is 0 Å². The van der Waals surface area contributed by atoms with E-state index in [9.17, 15) is 9.90 Å². The van der Waals surface area contributed by atoms with Gasteiger partial charge >= 0.3 is 0 Å². The molecule has 0 saturated carbocycles. The van der Waals surface area contributed by atoms with Crippen LogP contribution < -0.4 is 5.32 Å². The van der Waals surface area contributed by atoms with Gasteiger partial charge in [-0.1, -0.05) is 46.2 Å². The van der Waals surface area contributed by atoms with Crippen molar-refractivity contribution >= 4 is 17.5 Å². The van der Waals surface area contributed by atoms with Crippen molar-refractivity contribution in [2.45, 2.75) is 47.1 Å². The lowest BCUT2D eigenvalue weighted by Crippen LogP contribution is -2.43. The molecule has 0 spiro atoms. The molecule has 1 amide bonds. The summed E-state index contributed by atoms with van der Waals surface area (Å²) in [5, 5.41) is 17.6. The Hall–Kier alpha value is -1.07. The molecule has 6 heteroatoms. The van der Waals surface area contributed by atoms with E-state index in [2.05, 4.69) is 10.4 Å². The Morgan fingerprint density at radius 1 is 1.48 bits per heavy atom. The number of aromatic nitrogens is 2. The van der Waals surface area contributed by atoms with Crippen molar-refractivity contribution in [1.29, 1.82) is 0 Å². The number of nitrogens with zero attached hydrogens (tertiary/aromatic N) is 2. The van der Waals surface area contributed by atoms with Gasteiger partial charge in [0, 0.05) is 19.0 Å². The molecule has 0 saturated heterocycles. The summed E-state index contributed by atoms with van der Waals surface area (Å²) in [6, 6.07) is 0. The van der Waals surface area contributed by atoms with Gasteiger partial charge in [-0.25, -0.2) is 0 Å². The second-order valence-corrected chi connectivity index (χ2v) is 6.81. The molecule has 1 heterocycles. The number of aryl methyl sites for hydroxylation is 2. The van der Waals surface area contributed by atoms with Crippen LogP contribution in [-0.4, -0.2) is 33.4 Å². The highest BCUT2D eigenvalue weighted by atomic mass is 35.5. The van der Waals surface area contributed by atoms with Gasteiger partial charge in [-0.05, 0) is 12.3 Å². The number of halogens is 1. The van der Waals surface area contributed by atoms with Gasteiger partial charge in [-0.2, -0.15) is 5.10 Å². The topological polar surface area (TPSA) is 67.2 Å². The Labute approximate surface area is 131 Å². The highest BCUT2D eigenvalue weighted by molar-refractivity contribution is 6.33. The quantitative estimate of drug-likeness (QED) is 0.847. The Bertz CT molecular complexity index is 509. The molecule has 0 aromatic carbocycles. The maximum absolute atomic E-state index is 12.4. The molecule has 0 aliphatic carbocycles. The normalized spacial score (nSPS) is 13.6. The Balaban J connectivity index is 2.84. The molecule has 0 radical (unpaired) electrons. The molecular formula is C15H26ClN3O2. The first-order valence-electron chi connectivity index (χ1n) is 7.29. The van der Waals surface area contributed by atoms with Gasteiger partial charge in [0.15, 0.2) is 0 Å². The molecule has 120 valence electrons. The summed E-state index contributed by atoms with van der Waals surface area (Å²) >= 11 is 6.14. The third kappa shape index (κ3) is 3.98. The van der Waals surface area contributed by atoms with E-state index in [1.165, 1.54) is 4.68 Å². The first-order chi connectivity index (χ1) is 9.61. The zero-order valence-corrected chi connectivity index (χ0v) is 14.5. The molecule has 21 heavy (non-hydrogen) atoms. The summed E-state index contributed by atoms with van der Waals surface area (Å²) in [4.78, 5) is 12.4. The summed E-state index contributed by atoms with van der Waals surface area (Å²) in [6.07, 6.45) is 0.147. The van der Waals surface area contributed by atoms with Crippen LogP contribution in [0.3, 0.4) is 0 Å².